The van der Waals surface area contributed by atoms with Gasteiger partial charge in [-0.25, -0.2) is 0 Å². The van der Waals surface area contributed by atoms with Crippen LogP contribution >= 0.6 is 0 Å². The highest BCUT2D eigenvalue weighted by Gasteiger charge is 2.44. The monoisotopic (exact) mass is 248 g/mol. The summed E-state index contributed by atoms with van der Waals surface area (Å²) in [6, 6.07) is 0. The molecule has 0 aromatic heterocycles. The fraction of sp³-hybridized carbons (Fsp3) is 0.800. The minimum Gasteiger partial charge on any atom is -0.457 e. The Labute approximate surface area is 98.6 Å². The molecule has 7 heteroatoms. The molecule has 0 bridgehead atoms. The Bertz CT molecular complexity index is 290. The van der Waals surface area contributed by atoms with Crippen LogP contribution in [0, 0.1) is 0 Å². The van der Waals surface area contributed by atoms with Crippen LogP contribution < -0.4 is 0 Å². The van der Waals surface area contributed by atoms with E-state index in [1.165, 1.54) is 21.0 Å². The first-order valence-electron chi connectivity index (χ1n) is 5.12. The number of carbonyl (C=O) groups is 2. The lowest BCUT2D eigenvalue weighted by Gasteiger charge is -2.38. The zero-order valence-corrected chi connectivity index (χ0v) is 9.91. The van der Waals surface area contributed by atoms with Crippen LogP contribution in [0.1, 0.15) is 13.8 Å². The smallest absolute Gasteiger partial charge is 0.303 e. The summed E-state index contributed by atoms with van der Waals surface area (Å²) in [5.74, 6) is -1.08. The predicted molar refractivity (Wildman–Crippen MR) is 53.9 cm³/mol. The van der Waals surface area contributed by atoms with E-state index in [-0.39, 0.29) is 6.61 Å². The molecule has 1 heterocycles. The number of aliphatic hydroxyl groups is 1. The van der Waals surface area contributed by atoms with E-state index in [2.05, 4.69) is 0 Å². The first-order chi connectivity index (χ1) is 7.95. The van der Waals surface area contributed by atoms with Crippen LogP contribution in [-0.4, -0.2) is 55.4 Å². The highest BCUT2D eigenvalue weighted by Crippen LogP contribution is 2.22. The van der Waals surface area contributed by atoms with E-state index < -0.39 is 36.5 Å². The summed E-state index contributed by atoms with van der Waals surface area (Å²) in [4.78, 5) is 21.8. The van der Waals surface area contributed by atoms with Gasteiger partial charge >= 0.3 is 11.9 Å². The third-order valence-corrected chi connectivity index (χ3v) is 2.29. The lowest BCUT2D eigenvalue weighted by molar-refractivity contribution is -0.267. The molecule has 0 radical (unpaired) electrons. The summed E-state index contributed by atoms with van der Waals surface area (Å²) in [6.45, 7) is 2.44. The molecule has 1 fully saturated rings. The minimum atomic E-state index is -1.30. The Hall–Kier alpha value is -1.18. The lowest BCUT2D eigenvalue weighted by Crippen LogP contribution is -2.56. The first-order valence-corrected chi connectivity index (χ1v) is 5.12. The number of rotatable bonds is 3. The summed E-state index contributed by atoms with van der Waals surface area (Å²) in [6.07, 6.45) is -3.79. The summed E-state index contributed by atoms with van der Waals surface area (Å²) in [5.41, 5.74) is 0. The van der Waals surface area contributed by atoms with Crippen molar-refractivity contribution in [3.05, 3.63) is 0 Å². The van der Waals surface area contributed by atoms with E-state index in [9.17, 15) is 14.7 Å². The number of ether oxygens (including phenoxy) is 4. The second kappa shape index (κ2) is 5.95. The topological polar surface area (TPSA) is 91.3 Å². The molecule has 4 atom stereocenters. The van der Waals surface area contributed by atoms with E-state index in [0.29, 0.717) is 0 Å². The van der Waals surface area contributed by atoms with Crippen molar-refractivity contribution in [1.82, 2.24) is 0 Å². The van der Waals surface area contributed by atoms with Crippen molar-refractivity contribution in [2.24, 2.45) is 0 Å². The molecule has 17 heavy (non-hydrogen) atoms. The molecule has 0 saturated carbocycles. The van der Waals surface area contributed by atoms with Crippen LogP contribution in [0.2, 0.25) is 0 Å². The quantitative estimate of drug-likeness (QED) is 0.654. The number of aliphatic hydroxyl groups excluding tert-OH is 1. The van der Waals surface area contributed by atoms with Gasteiger partial charge in [-0.1, -0.05) is 0 Å². The van der Waals surface area contributed by atoms with E-state index in [4.69, 9.17) is 18.9 Å². The van der Waals surface area contributed by atoms with E-state index in [1.807, 2.05) is 0 Å². The molecule has 98 valence electrons. The average Bonchev–Trinajstić information content (AvgIpc) is 2.22. The Morgan fingerprint density at radius 1 is 1.18 bits per heavy atom. The molecule has 0 aromatic carbocycles. The number of hydrogen-bond donors (Lipinski definition) is 1. The average molecular weight is 248 g/mol. The van der Waals surface area contributed by atoms with E-state index in [0.717, 1.165) is 0 Å². The number of methoxy groups -OCH3 is 1. The largest absolute Gasteiger partial charge is 0.457 e. The molecule has 1 saturated heterocycles. The van der Waals surface area contributed by atoms with Crippen molar-refractivity contribution in [3.8, 4) is 0 Å². The predicted octanol–water partition coefficient (Wildman–Crippen LogP) is -0.787. The van der Waals surface area contributed by atoms with Crippen molar-refractivity contribution in [1.29, 1.82) is 0 Å². The fourth-order valence-electron chi connectivity index (χ4n) is 1.67. The molecular formula is C10H16O7. The SMILES string of the molecule is CO[C@@H]1[C@@H](OC(C)=O)[C@@H](O)OC[C@H]1OC(C)=O. The van der Waals surface area contributed by atoms with Gasteiger partial charge in [-0.3, -0.25) is 9.59 Å². The Morgan fingerprint density at radius 2 is 1.76 bits per heavy atom. The molecule has 1 aliphatic rings. The van der Waals surface area contributed by atoms with Crippen molar-refractivity contribution in [3.63, 3.8) is 0 Å². The first kappa shape index (κ1) is 13.9. The van der Waals surface area contributed by atoms with Crippen LogP contribution in [0.4, 0.5) is 0 Å². The zero-order chi connectivity index (χ0) is 13.0. The fourth-order valence-corrected chi connectivity index (χ4v) is 1.67. The standard InChI is InChI=1S/C10H16O7/c1-5(11)16-7-4-15-10(13)9(8(7)14-3)17-6(2)12/h7-10,13H,4H2,1-3H3/t7-,8+,9-,10+/m1/s1. The number of carbonyl (C=O) groups excluding carboxylic acids is 2. The van der Waals surface area contributed by atoms with E-state index in [1.54, 1.807) is 0 Å². The molecule has 7 nitrogen and oxygen atoms in total. The maximum Gasteiger partial charge on any atom is 0.303 e. The molecule has 0 spiro atoms. The Balaban J connectivity index is 2.76. The molecule has 0 aromatic rings. The molecule has 1 rings (SSSR count). The highest BCUT2D eigenvalue weighted by molar-refractivity contribution is 5.67. The van der Waals surface area contributed by atoms with Crippen LogP contribution in [0.5, 0.6) is 0 Å². The molecular weight excluding hydrogens is 232 g/mol. The van der Waals surface area contributed by atoms with Gasteiger partial charge in [0.25, 0.3) is 0 Å². The highest BCUT2D eigenvalue weighted by atomic mass is 16.7. The van der Waals surface area contributed by atoms with Gasteiger partial charge in [0, 0.05) is 21.0 Å². The Morgan fingerprint density at radius 3 is 2.24 bits per heavy atom. The lowest BCUT2D eigenvalue weighted by atomic mass is 10.0. The van der Waals surface area contributed by atoms with Gasteiger partial charge in [-0.15, -0.1) is 0 Å². The maximum absolute atomic E-state index is 10.9. The second-order valence-electron chi connectivity index (χ2n) is 3.65. The van der Waals surface area contributed by atoms with Crippen molar-refractivity contribution >= 4 is 11.9 Å². The van der Waals surface area contributed by atoms with Gasteiger partial charge in [0.05, 0.1) is 6.61 Å². The summed E-state index contributed by atoms with van der Waals surface area (Å²) < 4.78 is 19.9. The van der Waals surface area contributed by atoms with Crippen molar-refractivity contribution in [2.75, 3.05) is 13.7 Å². The third kappa shape index (κ3) is 3.65. The summed E-state index contributed by atoms with van der Waals surface area (Å²) >= 11 is 0. The van der Waals surface area contributed by atoms with Gasteiger partial charge in [0.1, 0.15) is 6.10 Å². The van der Waals surface area contributed by atoms with Gasteiger partial charge in [0.2, 0.25) is 0 Å². The van der Waals surface area contributed by atoms with Crippen molar-refractivity contribution in [2.45, 2.75) is 38.4 Å². The zero-order valence-electron chi connectivity index (χ0n) is 9.91. The maximum atomic E-state index is 10.9. The Kier molecular flexibility index (Phi) is 4.86. The second-order valence-corrected chi connectivity index (χ2v) is 3.65. The molecule has 1 aliphatic heterocycles. The van der Waals surface area contributed by atoms with Gasteiger partial charge < -0.3 is 24.1 Å². The summed E-state index contributed by atoms with van der Waals surface area (Å²) in [5, 5.41) is 9.55. The molecule has 0 aliphatic carbocycles. The molecule has 1 N–H and O–H groups in total. The third-order valence-electron chi connectivity index (χ3n) is 2.29. The van der Waals surface area contributed by atoms with E-state index >= 15 is 0 Å². The van der Waals surface area contributed by atoms with Crippen LogP contribution in [0.25, 0.3) is 0 Å². The molecule has 0 amide bonds. The van der Waals surface area contributed by atoms with Gasteiger partial charge in [-0.05, 0) is 0 Å². The van der Waals surface area contributed by atoms with Gasteiger partial charge in [-0.2, -0.15) is 0 Å². The van der Waals surface area contributed by atoms with Crippen LogP contribution in [-0.2, 0) is 28.5 Å². The normalized spacial score (nSPS) is 32.9. The van der Waals surface area contributed by atoms with Gasteiger partial charge in [0.15, 0.2) is 18.5 Å². The van der Waals surface area contributed by atoms with Crippen LogP contribution in [0.3, 0.4) is 0 Å². The number of esters is 2. The van der Waals surface area contributed by atoms with Crippen molar-refractivity contribution < 1.29 is 33.6 Å². The molecule has 0 unspecified atom stereocenters. The summed E-state index contributed by atoms with van der Waals surface area (Å²) in [7, 11) is 1.37. The van der Waals surface area contributed by atoms with Crippen LogP contribution in [0.15, 0.2) is 0 Å². The number of hydrogen-bond acceptors (Lipinski definition) is 7. The minimum absolute atomic E-state index is 0.0168.